The van der Waals surface area contributed by atoms with Crippen molar-refractivity contribution in [1.29, 1.82) is 0 Å². The van der Waals surface area contributed by atoms with Crippen molar-refractivity contribution in [3.05, 3.63) is 58.1 Å². The second kappa shape index (κ2) is 10.6. The van der Waals surface area contributed by atoms with E-state index in [9.17, 15) is 8.42 Å². The minimum atomic E-state index is -3.59. The van der Waals surface area contributed by atoms with Crippen LogP contribution in [0.5, 0.6) is 5.75 Å². The number of unbranched alkanes of at least 4 members (excludes halogenated alkanes) is 1. The lowest BCUT2D eigenvalue weighted by atomic mass is 10.00. The molecule has 0 aromatic heterocycles. The fourth-order valence-corrected chi connectivity index (χ4v) is 5.13. The molecule has 5 nitrogen and oxygen atoms in total. The van der Waals surface area contributed by atoms with Crippen LogP contribution >= 0.6 is 28.3 Å². The molecule has 1 N–H and O–H groups in total. The van der Waals surface area contributed by atoms with Gasteiger partial charge in [0.2, 0.25) is 10.0 Å². The predicted molar refractivity (Wildman–Crippen MR) is 118 cm³/mol. The molecule has 0 amide bonds. The van der Waals surface area contributed by atoms with E-state index < -0.39 is 10.0 Å². The first kappa shape index (κ1) is 23.2. The summed E-state index contributed by atoms with van der Waals surface area (Å²) in [6.07, 6.45) is 2.85. The Morgan fingerprint density at radius 2 is 1.89 bits per heavy atom. The Morgan fingerprint density at radius 1 is 1.14 bits per heavy atom. The first-order valence-electron chi connectivity index (χ1n) is 9.12. The highest BCUT2D eigenvalue weighted by Gasteiger charge is 2.19. The molecule has 1 aliphatic heterocycles. The molecular weight excluding hydrogens is 464 g/mol. The summed E-state index contributed by atoms with van der Waals surface area (Å²) in [5.41, 5.74) is 2.86. The highest BCUT2D eigenvalue weighted by molar-refractivity contribution is 9.10. The van der Waals surface area contributed by atoms with Gasteiger partial charge in [0.1, 0.15) is 10.6 Å². The number of fused-ring (bicyclic) bond motifs is 1. The van der Waals surface area contributed by atoms with Crippen molar-refractivity contribution >= 4 is 38.4 Å². The smallest absolute Gasteiger partial charge is 0.244 e. The summed E-state index contributed by atoms with van der Waals surface area (Å²) in [5, 5.41) is 0. The van der Waals surface area contributed by atoms with Gasteiger partial charge in [0.05, 0.1) is 7.11 Å². The second-order valence-corrected chi connectivity index (χ2v) is 9.35. The van der Waals surface area contributed by atoms with Crippen LogP contribution < -0.4 is 9.46 Å². The Morgan fingerprint density at radius 3 is 2.64 bits per heavy atom. The van der Waals surface area contributed by atoms with Crippen LogP contribution in [0.2, 0.25) is 0 Å². The van der Waals surface area contributed by atoms with Crippen molar-refractivity contribution < 1.29 is 13.2 Å². The molecule has 0 saturated carbocycles. The summed E-state index contributed by atoms with van der Waals surface area (Å²) in [5.74, 6) is 0.345. The van der Waals surface area contributed by atoms with Crippen LogP contribution in [-0.4, -0.2) is 40.1 Å². The van der Waals surface area contributed by atoms with Crippen LogP contribution in [-0.2, 0) is 23.0 Å². The number of nitrogens with one attached hydrogen (secondary N) is 1. The van der Waals surface area contributed by atoms with Gasteiger partial charge in [-0.25, -0.2) is 13.1 Å². The van der Waals surface area contributed by atoms with Gasteiger partial charge in [-0.1, -0.05) is 40.2 Å². The van der Waals surface area contributed by atoms with Gasteiger partial charge in [-0.3, -0.25) is 4.90 Å². The molecule has 8 heteroatoms. The molecule has 2 aromatic rings. The first-order chi connectivity index (χ1) is 13.0. The second-order valence-electron chi connectivity index (χ2n) is 6.69. The first-order valence-corrected chi connectivity index (χ1v) is 11.4. The zero-order valence-corrected chi connectivity index (χ0v) is 19.1. The third kappa shape index (κ3) is 5.94. The number of halogens is 2. The van der Waals surface area contributed by atoms with Gasteiger partial charge < -0.3 is 4.74 Å². The lowest BCUT2D eigenvalue weighted by molar-refractivity contribution is 0.249. The Hall–Kier alpha value is -1.12. The summed E-state index contributed by atoms with van der Waals surface area (Å²) >= 11 is 3.31. The van der Waals surface area contributed by atoms with Gasteiger partial charge in [-0.15, -0.1) is 12.4 Å². The third-order valence-corrected chi connectivity index (χ3v) is 6.79. The van der Waals surface area contributed by atoms with Crippen molar-refractivity contribution in [1.82, 2.24) is 9.62 Å². The van der Waals surface area contributed by atoms with Crippen molar-refractivity contribution in [3.8, 4) is 5.75 Å². The molecule has 0 radical (unpaired) electrons. The minimum absolute atomic E-state index is 0. The summed E-state index contributed by atoms with van der Waals surface area (Å²) in [6, 6.07) is 13.6. The van der Waals surface area contributed by atoms with Gasteiger partial charge in [-0.05, 0) is 55.1 Å². The molecule has 3 rings (SSSR count). The topological polar surface area (TPSA) is 58.6 Å². The van der Waals surface area contributed by atoms with Crippen LogP contribution in [0.3, 0.4) is 0 Å². The fraction of sp³-hybridized carbons (Fsp3) is 0.400. The van der Waals surface area contributed by atoms with E-state index in [4.69, 9.17) is 4.74 Å². The Kier molecular flexibility index (Phi) is 8.77. The predicted octanol–water partition coefficient (Wildman–Crippen LogP) is 4.00. The third-order valence-electron chi connectivity index (χ3n) is 4.82. The zero-order valence-electron chi connectivity index (χ0n) is 15.9. The molecule has 0 bridgehead atoms. The zero-order chi connectivity index (χ0) is 19.3. The van der Waals surface area contributed by atoms with E-state index in [0.717, 1.165) is 38.9 Å². The van der Waals surface area contributed by atoms with E-state index in [1.165, 1.54) is 18.2 Å². The number of benzene rings is 2. The molecule has 2 aromatic carbocycles. The fourth-order valence-electron chi connectivity index (χ4n) is 3.35. The van der Waals surface area contributed by atoms with Crippen molar-refractivity contribution in [3.63, 3.8) is 0 Å². The maximum absolute atomic E-state index is 12.5. The molecule has 1 aliphatic rings. The number of rotatable bonds is 8. The van der Waals surface area contributed by atoms with E-state index in [1.807, 2.05) is 0 Å². The number of hydrogen-bond donors (Lipinski definition) is 1. The molecule has 0 unspecified atom stereocenters. The highest BCUT2D eigenvalue weighted by Crippen LogP contribution is 2.27. The van der Waals surface area contributed by atoms with Gasteiger partial charge >= 0.3 is 0 Å². The minimum Gasteiger partial charge on any atom is -0.495 e. The van der Waals surface area contributed by atoms with E-state index in [1.54, 1.807) is 18.2 Å². The number of hydrogen-bond acceptors (Lipinski definition) is 4. The summed E-state index contributed by atoms with van der Waals surface area (Å²) in [6.45, 7) is 3.45. The molecule has 0 spiro atoms. The molecule has 0 saturated heterocycles. The summed E-state index contributed by atoms with van der Waals surface area (Å²) < 4.78 is 33.6. The van der Waals surface area contributed by atoms with E-state index >= 15 is 0 Å². The number of sulfonamides is 1. The largest absolute Gasteiger partial charge is 0.495 e. The number of nitrogens with zero attached hydrogens (tertiary/aromatic N) is 1. The molecule has 0 fully saturated rings. The Balaban J connectivity index is 0.00000280. The monoisotopic (exact) mass is 488 g/mol. The SMILES string of the molecule is COc1ccc(Br)cc1S(=O)(=O)NCCCCN1CCc2ccccc2C1.Cl. The number of methoxy groups -OCH3 is 1. The van der Waals surface area contributed by atoms with E-state index in [0.29, 0.717) is 16.8 Å². The Bertz CT molecular complexity index is 893. The molecule has 28 heavy (non-hydrogen) atoms. The van der Waals surface area contributed by atoms with Crippen LogP contribution in [0.15, 0.2) is 51.8 Å². The molecule has 1 heterocycles. The van der Waals surface area contributed by atoms with Crippen LogP contribution in [0, 0.1) is 0 Å². The standard InChI is InChI=1S/C20H25BrN2O3S.ClH/c1-26-19-9-8-18(21)14-20(19)27(24,25)22-11-4-5-12-23-13-10-16-6-2-3-7-17(16)15-23;/h2-3,6-9,14,22H,4-5,10-13,15H2,1H3;1H. The van der Waals surface area contributed by atoms with Crippen LogP contribution in [0.4, 0.5) is 0 Å². The van der Waals surface area contributed by atoms with Crippen molar-refractivity contribution in [2.24, 2.45) is 0 Å². The lowest BCUT2D eigenvalue weighted by Crippen LogP contribution is -2.32. The van der Waals surface area contributed by atoms with Gasteiger partial charge in [0, 0.05) is 24.1 Å². The average Bonchev–Trinajstić information content (AvgIpc) is 2.67. The van der Waals surface area contributed by atoms with Crippen LogP contribution in [0.1, 0.15) is 24.0 Å². The quantitative estimate of drug-likeness (QED) is 0.570. The maximum atomic E-state index is 12.5. The number of ether oxygens (including phenoxy) is 1. The summed E-state index contributed by atoms with van der Waals surface area (Å²) in [7, 11) is -2.12. The summed E-state index contributed by atoms with van der Waals surface area (Å²) in [4.78, 5) is 2.60. The van der Waals surface area contributed by atoms with Gasteiger partial charge in [0.15, 0.2) is 0 Å². The van der Waals surface area contributed by atoms with E-state index in [2.05, 4.69) is 49.8 Å². The van der Waals surface area contributed by atoms with Crippen molar-refractivity contribution in [2.75, 3.05) is 26.7 Å². The molecule has 0 aliphatic carbocycles. The molecular formula is C20H26BrClN2O3S. The van der Waals surface area contributed by atoms with E-state index in [-0.39, 0.29) is 17.3 Å². The van der Waals surface area contributed by atoms with Gasteiger partial charge in [0.25, 0.3) is 0 Å². The van der Waals surface area contributed by atoms with Crippen molar-refractivity contribution in [2.45, 2.75) is 30.7 Å². The average molecular weight is 490 g/mol. The Labute approximate surface area is 182 Å². The van der Waals surface area contributed by atoms with Gasteiger partial charge in [-0.2, -0.15) is 0 Å². The van der Waals surface area contributed by atoms with Crippen LogP contribution in [0.25, 0.3) is 0 Å². The maximum Gasteiger partial charge on any atom is 0.244 e. The molecule has 0 atom stereocenters. The highest BCUT2D eigenvalue weighted by atomic mass is 79.9. The lowest BCUT2D eigenvalue weighted by Gasteiger charge is -2.28. The normalized spacial score (nSPS) is 14.2. The molecule has 154 valence electrons.